The van der Waals surface area contributed by atoms with E-state index in [-0.39, 0.29) is 23.5 Å². The van der Waals surface area contributed by atoms with E-state index < -0.39 is 11.8 Å². The zero-order valence-electron chi connectivity index (χ0n) is 10.6. The average Bonchev–Trinajstić information content (AvgIpc) is 2.45. The van der Waals surface area contributed by atoms with Gasteiger partial charge in [-0.2, -0.15) is 5.26 Å². The van der Waals surface area contributed by atoms with E-state index in [4.69, 9.17) is 26.7 Å². The van der Waals surface area contributed by atoms with E-state index in [2.05, 4.69) is 0 Å². The molecular weight excluding hydrogens is 297 g/mol. The highest BCUT2D eigenvalue weighted by atomic mass is 35.5. The van der Waals surface area contributed by atoms with E-state index in [1.54, 1.807) is 0 Å². The number of halogens is 2. The first-order valence-electron chi connectivity index (χ1n) is 5.85. The maximum Gasteiger partial charge on any atom is 0.339 e. The maximum atomic E-state index is 13.0. The fourth-order valence-electron chi connectivity index (χ4n) is 1.73. The fraction of sp³-hybridized carbons (Fsp3) is 0.0667. The summed E-state index contributed by atoms with van der Waals surface area (Å²) in [5.41, 5.74) is 0.545. The quantitative estimate of drug-likeness (QED) is 0.936. The molecule has 2 aromatic carbocycles. The normalized spacial score (nSPS) is 9.95. The Morgan fingerprint density at radius 1 is 1.33 bits per heavy atom. The summed E-state index contributed by atoms with van der Waals surface area (Å²) < 4.78 is 18.4. The van der Waals surface area contributed by atoms with Crippen molar-refractivity contribution >= 4 is 17.6 Å². The lowest BCUT2D eigenvalue weighted by molar-refractivity contribution is 0.0692. The van der Waals surface area contributed by atoms with Gasteiger partial charge in [0.25, 0.3) is 0 Å². The first-order chi connectivity index (χ1) is 10.0. The van der Waals surface area contributed by atoms with Crippen LogP contribution in [0.5, 0.6) is 5.75 Å². The molecule has 2 aromatic rings. The largest absolute Gasteiger partial charge is 0.488 e. The zero-order chi connectivity index (χ0) is 15.4. The Bertz CT molecular complexity index is 740. The fourth-order valence-corrected chi connectivity index (χ4v) is 1.89. The van der Waals surface area contributed by atoms with Gasteiger partial charge in [0.1, 0.15) is 23.7 Å². The van der Waals surface area contributed by atoms with Crippen LogP contribution in [-0.2, 0) is 6.61 Å². The minimum absolute atomic E-state index is 0.0416. The van der Waals surface area contributed by atoms with Gasteiger partial charge in [-0.05, 0) is 30.3 Å². The highest BCUT2D eigenvalue weighted by Gasteiger charge is 2.13. The van der Waals surface area contributed by atoms with Gasteiger partial charge in [-0.25, -0.2) is 9.18 Å². The molecule has 0 saturated heterocycles. The standard InChI is InChI=1S/C15H9ClFNO3/c16-11-2-4-13(15(19)20)14(6-11)21-8-9-1-3-12(17)5-10(9)7-18/h1-6H,8H2,(H,19,20). The molecule has 0 unspecified atom stereocenters. The molecule has 2 rings (SSSR count). The highest BCUT2D eigenvalue weighted by molar-refractivity contribution is 6.30. The second-order valence-corrected chi connectivity index (χ2v) is 4.58. The van der Waals surface area contributed by atoms with Crippen LogP contribution in [0.25, 0.3) is 0 Å². The Balaban J connectivity index is 2.27. The molecule has 0 radical (unpaired) electrons. The van der Waals surface area contributed by atoms with Crippen LogP contribution in [0.4, 0.5) is 4.39 Å². The summed E-state index contributed by atoms with van der Waals surface area (Å²) in [6.07, 6.45) is 0. The van der Waals surface area contributed by atoms with Gasteiger partial charge >= 0.3 is 5.97 Å². The van der Waals surface area contributed by atoms with E-state index in [0.717, 1.165) is 6.07 Å². The van der Waals surface area contributed by atoms with Crippen LogP contribution in [0.15, 0.2) is 36.4 Å². The van der Waals surface area contributed by atoms with Gasteiger partial charge in [0, 0.05) is 10.6 Å². The Hall–Kier alpha value is -2.58. The van der Waals surface area contributed by atoms with Gasteiger partial charge in [0.15, 0.2) is 0 Å². The van der Waals surface area contributed by atoms with Crippen molar-refractivity contribution < 1.29 is 19.0 Å². The van der Waals surface area contributed by atoms with E-state index >= 15 is 0 Å². The number of ether oxygens (including phenoxy) is 1. The first kappa shape index (κ1) is 14.8. The number of aromatic carboxylic acids is 1. The summed E-state index contributed by atoms with van der Waals surface area (Å²) >= 11 is 5.81. The summed E-state index contributed by atoms with van der Waals surface area (Å²) in [5.74, 6) is -1.59. The average molecular weight is 306 g/mol. The van der Waals surface area contributed by atoms with Gasteiger partial charge in [-0.3, -0.25) is 0 Å². The maximum absolute atomic E-state index is 13.0. The predicted octanol–water partition coefficient (Wildman–Crippen LogP) is 3.63. The Kier molecular flexibility index (Phi) is 4.41. The summed E-state index contributed by atoms with van der Waals surface area (Å²) in [6.45, 7) is -0.0657. The lowest BCUT2D eigenvalue weighted by atomic mass is 10.1. The van der Waals surface area contributed by atoms with Crippen LogP contribution in [0.3, 0.4) is 0 Å². The molecule has 0 fully saturated rings. The molecule has 106 valence electrons. The van der Waals surface area contributed by atoms with Crippen molar-refractivity contribution in [1.29, 1.82) is 5.26 Å². The third-order valence-electron chi connectivity index (χ3n) is 2.75. The minimum atomic E-state index is -1.15. The molecule has 0 aliphatic rings. The number of carboxylic acid groups (broad SMARTS) is 1. The summed E-state index contributed by atoms with van der Waals surface area (Å²) in [4.78, 5) is 11.1. The highest BCUT2D eigenvalue weighted by Crippen LogP contribution is 2.25. The summed E-state index contributed by atoms with van der Waals surface area (Å²) in [6, 6.07) is 9.72. The topological polar surface area (TPSA) is 70.3 Å². The number of hydrogen-bond acceptors (Lipinski definition) is 3. The van der Waals surface area contributed by atoms with Gasteiger partial charge in [-0.1, -0.05) is 17.7 Å². The second-order valence-electron chi connectivity index (χ2n) is 4.15. The zero-order valence-corrected chi connectivity index (χ0v) is 11.4. The molecule has 0 amide bonds. The van der Waals surface area contributed by atoms with Crippen molar-refractivity contribution in [2.24, 2.45) is 0 Å². The number of benzene rings is 2. The van der Waals surface area contributed by atoms with Crippen molar-refractivity contribution in [3.05, 3.63) is 63.9 Å². The number of hydrogen-bond donors (Lipinski definition) is 1. The van der Waals surface area contributed by atoms with Crippen LogP contribution in [0.2, 0.25) is 5.02 Å². The number of nitriles is 1. The monoisotopic (exact) mass is 305 g/mol. The number of nitrogens with zero attached hydrogens (tertiary/aromatic N) is 1. The van der Waals surface area contributed by atoms with Crippen molar-refractivity contribution in [2.45, 2.75) is 6.61 Å². The Labute approximate surface area is 125 Å². The molecule has 1 N–H and O–H groups in total. The molecule has 0 spiro atoms. The van der Waals surface area contributed by atoms with Crippen LogP contribution < -0.4 is 4.74 Å². The molecule has 0 heterocycles. The Morgan fingerprint density at radius 2 is 2.10 bits per heavy atom. The van der Waals surface area contributed by atoms with Crippen molar-refractivity contribution in [2.75, 3.05) is 0 Å². The van der Waals surface area contributed by atoms with E-state index in [1.807, 2.05) is 6.07 Å². The van der Waals surface area contributed by atoms with Crippen LogP contribution in [-0.4, -0.2) is 11.1 Å². The van der Waals surface area contributed by atoms with Gasteiger partial charge in [-0.15, -0.1) is 0 Å². The summed E-state index contributed by atoms with van der Waals surface area (Å²) in [7, 11) is 0. The predicted molar refractivity (Wildman–Crippen MR) is 73.9 cm³/mol. The second kappa shape index (κ2) is 6.25. The van der Waals surface area contributed by atoms with E-state index in [0.29, 0.717) is 10.6 Å². The van der Waals surface area contributed by atoms with Crippen LogP contribution in [0.1, 0.15) is 21.5 Å². The smallest absolute Gasteiger partial charge is 0.339 e. The third-order valence-corrected chi connectivity index (χ3v) is 2.98. The molecule has 0 bridgehead atoms. The molecule has 0 atom stereocenters. The molecule has 0 aliphatic carbocycles. The van der Waals surface area contributed by atoms with Crippen LogP contribution >= 0.6 is 11.6 Å². The molecule has 0 aliphatic heterocycles. The molecule has 0 aromatic heterocycles. The molecular formula is C15H9ClFNO3. The van der Waals surface area contributed by atoms with Gasteiger partial charge in [0.05, 0.1) is 11.6 Å². The lowest BCUT2D eigenvalue weighted by Gasteiger charge is -2.10. The SMILES string of the molecule is N#Cc1cc(F)ccc1COc1cc(Cl)ccc1C(=O)O. The molecule has 0 saturated carbocycles. The molecule has 6 heteroatoms. The van der Waals surface area contributed by atoms with E-state index in [1.165, 1.54) is 30.3 Å². The third kappa shape index (κ3) is 3.50. The molecule has 4 nitrogen and oxygen atoms in total. The van der Waals surface area contributed by atoms with Crippen molar-refractivity contribution in [3.63, 3.8) is 0 Å². The summed E-state index contributed by atoms with van der Waals surface area (Å²) in [5, 5.41) is 18.3. The number of carbonyl (C=O) groups is 1. The number of carboxylic acids is 1. The molecule has 21 heavy (non-hydrogen) atoms. The van der Waals surface area contributed by atoms with Gasteiger partial charge in [0.2, 0.25) is 0 Å². The van der Waals surface area contributed by atoms with E-state index in [9.17, 15) is 9.18 Å². The minimum Gasteiger partial charge on any atom is -0.488 e. The van der Waals surface area contributed by atoms with Crippen molar-refractivity contribution in [3.8, 4) is 11.8 Å². The first-order valence-corrected chi connectivity index (χ1v) is 6.23. The van der Waals surface area contributed by atoms with Gasteiger partial charge < -0.3 is 9.84 Å². The van der Waals surface area contributed by atoms with Crippen LogP contribution in [0, 0.1) is 17.1 Å². The number of rotatable bonds is 4. The lowest BCUT2D eigenvalue weighted by Crippen LogP contribution is -2.04. The van der Waals surface area contributed by atoms with Crippen molar-refractivity contribution in [1.82, 2.24) is 0 Å². The Morgan fingerprint density at radius 3 is 2.76 bits per heavy atom.